The van der Waals surface area contributed by atoms with Crippen LogP contribution in [-0.2, 0) is 6.54 Å². The second-order valence-corrected chi connectivity index (χ2v) is 6.86. The van der Waals surface area contributed by atoms with E-state index >= 15 is 0 Å². The molecule has 2 rings (SSSR count). The SMILES string of the molecule is CC1(C)C(NCc2ccc(F)c(Br)c2)C1(C)C. The van der Waals surface area contributed by atoms with Gasteiger partial charge in [0.2, 0.25) is 0 Å². The Hall–Kier alpha value is -0.410. The summed E-state index contributed by atoms with van der Waals surface area (Å²) in [6.45, 7) is 9.92. The third kappa shape index (κ3) is 2.15. The average Bonchev–Trinajstić information content (AvgIpc) is 2.61. The van der Waals surface area contributed by atoms with E-state index < -0.39 is 0 Å². The van der Waals surface area contributed by atoms with Crippen LogP contribution < -0.4 is 5.32 Å². The summed E-state index contributed by atoms with van der Waals surface area (Å²) < 4.78 is 13.6. The molecule has 1 saturated carbocycles. The fourth-order valence-electron chi connectivity index (χ4n) is 2.58. The summed E-state index contributed by atoms with van der Waals surface area (Å²) in [4.78, 5) is 0. The van der Waals surface area contributed by atoms with E-state index in [0.717, 1.165) is 12.1 Å². The third-order valence-electron chi connectivity index (χ3n) is 4.52. The molecule has 0 heterocycles. The third-order valence-corrected chi connectivity index (χ3v) is 5.12. The predicted octanol–water partition coefficient (Wildman–Crippen LogP) is 4.11. The van der Waals surface area contributed by atoms with Crippen molar-refractivity contribution in [3.05, 3.63) is 34.1 Å². The van der Waals surface area contributed by atoms with Crippen LogP contribution in [0.5, 0.6) is 0 Å². The van der Waals surface area contributed by atoms with Gasteiger partial charge in [0.25, 0.3) is 0 Å². The number of hydrogen-bond acceptors (Lipinski definition) is 1. The highest BCUT2D eigenvalue weighted by molar-refractivity contribution is 9.10. The normalized spacial score (nSPS) is 21.5. The average molecular weight is 300 g/mol. The smallest absolute Gasteiger partial charge is 0.137 e. The summed E-state index contributed by atoms with van der Waals surface area (Å²) in [6.07, 6.45) is 0. The van der Waals surface area contributed by atoms with E-state index in [1.165, 1.54) is 6.07 Å². The van der Waals surface area contributed by atoms with Crippen molar-refractivity contribution in [2.24, 2.45) is 10.8 Å². The highest BCUT2D eigenvalue weighted by atomic mass is 79.9. The van der Waals surface area contributed by atoms with Crippen molar-refractivity contribution in [2.75, 3.05) is 0 Å². The van der Waals surface area contributed by atoms with Gasteiger partial charge >= 0.3 is 0 Å². The Morgan fingerprint density at radius 2 is 1.82 bits per heavy atom. The monoisotopic (exact) mass is 299 g/mol. The van der Waals surface area contributed by atoms with Crippen LogP contribution in [0.3, 0.4) is 0 Å². The maximum atomic E-state index is 13.1. The number of rotatable bonds is 3. The van der Waals surface area contributed by atoms with Gasteiger partial charge in [-0.1, -0.05) is 33.8 Å². The van der Waals surface area contributed by atoms with Crippen LogP contribution >= 0.6 is 15.9 Å². The van der Waals surface area contributed by atoms with E-state index in [4.69, 9.17) is 0 Å². The molecular weight excluding hydrogens is 281 g/mol. The van der Waals surface area contributed by atoms with Gasteiger partial charge in [0, 0.05) is 12.6 Å². The molecule has 1 fully saturated rings. The first kappa shape index (κ1) is 13.0. The minimum Gasteiger partial charge on any atom is -0.309 e. The zero-order valence-electron chi connectivity index (χ0n) is 10.8. The number of nitrogens with one attached hydrogen (secondary N) is 1. The molecule has 0 saturated heterocycles. The van der Waals surface area contributed by atoms with Crippen molar-refractivity contribution in [3.63, 3.8) is 0 Å². The number of hydrogen-bond donors (Lipinski definition) is 1. The molecule has 0 unspecified atom stereocenters. The lowest BCUT2D eigenvalue weighted by Gasteiger charge is -2.07. The standard InChI is InChI=1S/C14H19BrFN/c1-13(2)12(14(13,3)4)17-8-9-5-6-11(16)10(15)7-9/h5-7,12,17H,8H2,1-4H3. The lowest BCUT2D eigenvalue weighted by atomic mass is 10.0. The number of halogens is 2. The van der Waals surface area contributed by atoms with Crippen LogP contribution in [-0.4, -0.2) is 6.04 Å². The van der Waals surface area contributed by atoms with Crippen LogP contribution in [0.1, 0.15) is 33.3 Å². The van der Waals surface area contributed by atoms with Crippen LogP contribution in [0.2, 0.25) is 0 Å². The lowest BCUT2D eigenvalue weighted by molar-refractivity contribution is 0.457. The molecule has 1 nitrogen and oxygen atoms in total. The van der Waals surface area contributed by atoms with E-state index in [2.05, 4.69) is 48.9 Å². The summed E-state index contributed by atoms with van der Waals surface area (Å²) in [5.41, 5.74) is 1.78. The van der Waals surface area contributed by atoms with Gasteiger partial charge in [-0.25, -0.2) is 4.39 Å². The molecule has 17 heavy (non-hydrogen) atoms. The quantitative estimate of drug-likeness (QED) is 0.885. The maximum absolute atomic E-state index is 13.1. The van der Waals surface area contributed by atoms with Gasteiger partial charge in [0.15, 0.2) is 0 Å². The molecule has 1 N–H and O–H groups in total. The Labute approximate surface area is 111 Å². The maximum Gasteiger partial charge on any atom is 0.137 e. The van der Waals surface area contributed by atoms with E-state index in [0.29, 0.717) is 21.3 Å². The Balaban J connectivity index is 1.98. The molecule has 0 atom stereocenters. The van der Waals surface area contributed by atoms with Gasteiger partial charge in [-0.15, -0.1) is 0 Å². The summed E-state index contributed by atoms with van der Waals surface area (Å²) in [7, 11) is 0. The summed E-state index contributed by atoms with van der Waals surface area (Å²) in [6, 6.07) is 5.70. The Morgan fingerprint density at radius 1 is 1.24 bits per heavy atom. The van der Waals surface area contributed by atoms with Crippen molar-refractivity contribution in [3.8, 4) is 0 Å². The largest absolute Gasteiger partial charge is 0.309 e. The highest BCUT2D eigenvalue weighted by Crippen LogP contribution is 2.62. The fraction of sp³-hybridized carbons (Fsp3) is 0.571. The first-order chi connectivity index (χ1) is 7.76. The zero-order valence-corrected chi connectivity index (χ0v) is 12.4. The van der Waals surface area contributed by atoms with E-state index in [1.807, 2.05) is 12.1 Å². The van der Waals surface area contributed by atoms with Crippen LogP contribution in [0, 0.1) is 16.6 Å². The number of benzene rings is 1. The van der Waals surface area contributed by atoms with Crippen molar-refractivity contribution in [1.82, 2.24) is 5.32 Å². The molecule has 1 aromatic carbocycles. The van der Waals surface area contributed by atoms with Crippen molar-refractivity contribution in [2.45, 2.75) is 40.3 Å². The Bertz CT molecular complexity index is 426. The molecule has 1 aliphatic carbocycles. The highest BCUT2D eigenvalue weighted by Gasteiger charge is 2.64. The molecular formula is C14H19BrFN. The fourth-order valence-corrected chi connectivity index (χ4v) is 3.00. The van der Waals surface area contributed by atoms with Gasteiger partial charge in [-0.05, 0) is 44.5 Å². The van der Waals surface area contributed by atoms with Crippen molar-refractivity contribution >= 4 is 15.9 Å². The molecule has 0 spiro atoms. The first-order valence-electron chi connectivity index (χ1n) is 5.94. The molecule has 0 amide bonds. The zero-order chi connectivity index (χ0) is 12.8. The van der Waals surface area contributed by atoms with Gasteiger partial charge in [-0.2, -0.15) is 0 Å². The molecule has 3 heteroatoms. The molecule has 0 bridgehead atoms. The minimum absolute atomic E-state index is 0.208. The minimum atomic E-state index is -0.208. The molecule has 1 aliphatic rings. The van der Waals surface area contributed by atoms with Gasteiger partial charge in [0.05, 0.1) is 4.47 Å². The topological polar surface area (TPSA) is 12.0 Å². The molecule has 0 radical (unpaired) electrons. The van der Waals surface area contributed by atoms with E-state index in [-0.39, 0.29) is 5.82 Å². The summed E-state index contributed by atoms with van der Waals surface area (Å²) in [5, 5.41) is 3.56. The second-order valence-electron chi connectivity index (χ2n) is 6.01. The lowest BCUT2D eigenvalue weighted by Crippen LogP contribution is -2.21. The van der Waals surface area contributed by atoms with Gasteiger partial charge < -0.3 is 5.32 Å². The Kier molecular flexibility index (Phi) is 3.11. The van der Waals surface area contributed by atoms with Crippen LogP contribution in [0.4, 0.5) is 4.39 Å². The predicted molar refractivity (Wildman–Crippen MR) is 72.3 cm³/mol. The summed E-state index contributed by atoms with van der Waals surface area (Å²) >= 11 is 3.21. The summed E-state index contributed by atoms with van der Waals surface area (Å²) in [5.74, 6) is -0.208. The molecule has 94 valence electrons. The van der Waals surface area contributed by atoms with Crippen LogP contribution in [0.15, 0.2) is 22.7 Å². The van der Waals surface area contributed by atoms with E-state index in [9.17, 15) is 4.39 Å². The molecule has 0 aliphatic heterocycles. The first-order valence-corrected chi connectivity index (χ1v) is 6.73. The van der Waals surface area contributed by atoms with Crippen molar-refractivity contribution in [1.29, 1.82) is 0 Å². The van der Waals surface area contributed by atoms with Gasteiger partial charge in [0.1, 0.15) is 5.82 Å². The van der Waals surface area contributed by atoms with Crippen LogP contribution in [0.25, 0.3) is 0 Å². The van der Waals surface area contributed by atoms with Gasteiger partial charge in [-0.3, -0.25) is 0 Å². The molecule has 1 aromatic rings. The second kappa shape index (κ2) is 4.06. The molecule has 0 aromatic heterocycles. The van der Waals surface area contributed by atoms with Crippen molar-refractivity contribution < 1.29 is 4.39 Å². The van der Waals surface area contributed by atoms with E-state index in [1.54, 1.807) is 0 Å². The Morgan fingerprint density at radius 3 is 2.29 bits per heavy atom.